The van der Waals surface area contributed by atoms with Crippen LogP contribution in [0.2, 0.25) is 0 Å². The van der Waals surface area contributed by atoms with E-state index in [1.54, 1.807) is 41.6 Å². The minimum atomic E-state index is -0.126. The van der Waals surface area contributed by atoms with E-state index in [2.05, 4.69) is 25.4 Å². The smallest absolute Gasteiger partial charge is 0.247 e. The van der Waals surface area contributed by atoms with Gasteiger partial charge in [-0.2, -0.15) is 5.10 Å². The molecule has 0 saturated carbocycles. The first-order valence-electron chi connectivity index (χ1n) is 9.59. The van der Waals surface area contributed by atoms with Crippen molar-refractivity contribution in [3.63, 3.8) is 0 Å². The molecule has 4 rings (SSSR count). The van der Waals surface area contributed by atoms with Gasteiger partial charge in [-0.25, -0.2) is 9.97 Å². The van der Waals surface area contributed by atoms with Crippen molar-refractivity contribution in [3.8, 4) is 0 Å². The minimum absolute atomic E-state index is 0.0423. The van der Waals surface area contributed by atoms with E-state index in [0.717, 1.165) is 35.6 Å². The van der Waals surface area contributed by atoms with E-state index in [-0.39, 0.29) is 11.9 Å². The molecule has 1 amide bonds. The molecule has 1 N–H and O–H groups in total. The molecule has 0 bridgehead atoms. The van der Waals surface area contributed by atoms with Crippen molar-refractivity contribution in [1.82, 2.24) is 29.6 Å². The molecule has 148 valence electrons. The second-order valence-corrected chi connectivity index (χ2v) is 6.99. The van der Waals surface area contributed by atoms with E-state index in [9.17, 15) is 4.79 Å². The zero-order valence-corrected chi connectivity index (χ0v) is 16.5. The van der Waals surface area contributed by atoms with E-state index in [0.29, 0.717) is 12.4 Å². The Hall–Kier alpha value is -3.55. The van der Waals surface area contributed by atoms with E-state index in [1.807, 2.05) is 37.1 Å². The topological polar surface area (TPSA) is 88.8 Å². The molecule has 8 heteroatoms. The molecule has 1 aliphatic rings. The summed E-state index contributed by atoms with van der Waals surface area (Å²) in [6.45, 7) is 2.68. The molecule has 0 aromatic carbocycles. The van der Waals surface area contributed by atoms with Crippen molar-refractivity contribution in [2.75, 3.05) is 11.9 Å². The van der Waals surface area contributed by atoms with Crippen molar-refractivity contribution < 1.29 is 4.79 Å². The summed E-state index contributed by atoms with van der Waals surface area (Å²) in [4.78, 5) is 28.2. The number of aromatic nitrogens is 5. The van der Waals surface area contributed by atoms with Gasteiger partial charge >= 0.3 is 0 Å². The molecule has 1 aliphatic heterocycles. The summed E-state index contributed by atoms with van der Waals surface area (Å²) in [5.74, 6) is 1.33. The van der Waals surface area contributed by atoms with Gasteiger partial charge in [0, 0.05) is 44.5 Å². The quantitative estimate of drug-likeness (QED) is 0.675. The Kier molecular flexibility index (Phi) is 5.33. The van der Waals surface area contributed by atoms with Crippen LogP contribution in [0.3, 0.4) is 0 Å². The summed E-state index contributed by atoms with van der Waals surface area (Å²) in [6.07, 6.45) is 11.9. The Morgan fingerprint density at radius 3 is 2.76 bits per heavy atom. The second-order valence-electron chi connectivity index (χ2n) is 6.99. The highest BCUT2D eigenvalue weighted by molar-refractivity contribution is 5.92. The maximum atomic E-state index is 12.9. The molecule has 8 nitrogen and oxygen atoms in total. The van der Waals surface area contributed by atoms with Crippen LogP contribution in [0.1, 0.15) is 35.8 Å². The number of nitrogens with one attached hydrogen (secondary N) is 1. The van der Waals surface area contributed by atoms with Gasteiger partial charge in [0.05, 0.1) is 11.7 Å². The number of anilines is 2. The fourth-order valence-electron chi connectivity index (χ4n) is 3.53. The number of nitrogens with zero attached hydrogens (tertiary/aromatic N) is 6. The molecule has 0 radical (unpaired) electrons. The van der Waals surface area contributed by atoms with Crippen molar-refractivity contribution in [3.05, 3.63) is 66.0 Å². The van der Waals surface area contributed by atoms with Gasteiger partial charge in [0.2, 0.25) is 5.91 Å². The van der Waals surface area contributed by atoms with E-state index in [4.69, 9.17) is 0 Å². The summed E-state index contributed by atoms with van der Waals surface area (Å²) in [7, 11) is 1.85. The zero-order valence-electron chi connectivity index (χ0n) is 16.5. The average molecular weight is 389 g/mol. The highest BCUT2D eigenvalue weighted by Crippen LogP contribution is 2.35. The Morgan fingerprint density at radius 1 is 1.14 bits per heavy atom. The third-order valence-electron chi connectivity index (χ3n) is 5.08. The number of carbonyl (C=O) groups is 1. The van der Waals surface area contributed by atoms with Gasteiger partial charge in [0.15, 0.2) is 5.82 Å². The summed E-state index contributed by atoms with van der Waals surface area (Å²) in [5.41, 5.74) is 2.65. The lowest BCUT2D eigenvalue weighted by atomic mass is 10.1. The van der Waals surface area contributed by atoms with Crippen LogP contribution in [-0.4, -0.2) is 42.1 Å². The maximum Gasteiger partial charge on any atom is 0.247 e. The lowest BCUT2D eigenvalue weighted by molar-refractivity contribution is -0.126. The number of rotatable bonds is 5. The van der Waals surface area contributed by atoms with Gasteiger partial charge in [0.25, 0.3) is 0 Å². The minimum Gasteiger partial charge on any atom is -0.330 e. The number of likely N-dealkylation sites (tertiary alicyclic amines) is 1. The Bertz CT molecular complexity index is 1040. The normalized spacial score (nSPS) is 16.5. The first kappa shape index (κ1) is 18.8. The SMILES string of the molecule is Cc1cccnc1Nc1nccnc1[C@@H]1CCCN1C(=O)/C=C/c1ccnn1C. The Morgan fingerprint density at radius 2 is 1.97 bits per heavy atom. The Labute approximate surface area is 169 Å². The standard InChI is InChI=1S/C21H23N7O/c1-15-5-3-10-23-20(15)26-21-19(22-12-13-24-21)17-6-4-14-28(17)18(29)8-7-16-9-11-25-27(16)2/h3,5,7-13,17H,4,6,14H2,1-2H3,(H,23,24,26)/b8-7+/t17-/m0/s1. The summed E-state index contributed by atoms with van der Waals surface area (Å²) in [5, 5.41) is 7.41. The number of aryl methyl sites for hydroxylation is 2. The lowest BCUT2D eigenvalue weighted by Gasteiger charge is -2.24. The molecule has 1 atom stereocenters. The van der Waals surface area contributed by atoms with Crippen molar-refractivity contribution in [1.29, 1.82) is 0 Å². The molecule has 29 heavy (non-hydrogen) atoms. The highest BCUT2D eigenvalue weighted by atomic mass is 16.2. The van der Waals surface area contributed by atoms with Crippen LogP contribution in [0.15, 0.2) is 49.1 Å². The van der Waals surface area contributed by atoms with Crippen LogP contribution >= 0.6 is 0 Å². The van der Waals surface area contributed by atoms with Crippen LogP contribution in [0.25, 0.3) is 6.08 Å². The van der Waals surface area contributed by atoms with Gasteiger partial charge in [-0.3, -0.25) is 14.5 Å². The largest absolute Gasteiger partial charge is 0.330 e. The van der Waals surface area contributed by atoms with Crippen LogP contribution in [0, 0.1) is 6.92 Å². The van der Waals surface area contributed by atoms with E-state index in [1.165, 1.54) is 0 Å². The van der Waals surface area contributed by atoms with Crippen LogP contribution in [0.5, 0.6) is 0 Å². The van der Waals surface area contributed by atoms with Crippen LogP contribution < -0.4 is 5.32 Å². The number of carbonyl (C=O) groups excluding carboxylic acids is 1. The third kappa shape index (κ3) is 4.01. The number of pyridine rings is 1. The number of amides is 1. The number of hydrogen-bond donors (Lipinski definition) is 1. The van der Waals surface area contributed by atoms with Gasteiger partial charge in [-0.1, -0.05) is 6.07 Å². The summed E-state index contributed by atoms with van der Waals surface area (Å²) < 4.78 is 1.73. The fourth-order valence-corrected chi connectivity index (χ4v) is 3.53. The predicted molar refractivity (Wildman–Crippen MR) is 110 cm³/mol. The third-order valence-corrected chi connectivity index (χ3v) is 5.08. The molecule has 0 unspecified atom stereocenters. The molecular weight excluding hydrogens is 366 g/mol. The zero-order chi connectivity index (χ0) is 20.2. The number of hydrogen-bond acceptors (Lipinski definition) is 6. The summed E-state index contributed by atoms with van der Waals surface area (Å²) in [6, 6.07) is 5.62. The first-order chi connectivity index (χ1) is 14.1. The molecule has 4 heterocycles. The van der Waals surface area contributed by atoms with Crippen molar-refractivity contribution >= 4 is 23.6 Å². The molecule has 1 fully saturated rings. The van der Waals surface area contributed by atoms with E-state index >= 15 is 0 Å². The van der Waals surface area contributed by atoms with Crippen molar-refractivity contribution in [2.24, 2.45) is 7.05 Å². The Balaban J connectivity index is 1.57. The van der Waals surface area contributed by atoms with Crippen LogP contribution in [0.4, 0.5) is 11.6 Å². The maximum absolute atomic E-state index is 12.9. The van der Waals surface area contributed by atoms with Crippen LogP contribution in [-0.2, 0) is 11.8 Å². The summed E-state index contributed by atoms with van der Waals surface area (Å²) >= 11 is 0. The average Bonchev–Trinajstić information content (AvgIpc) is 3.37. The van der Waals surface area contributed by atoms with E-state index < -0.39 is 0 Å². The van der Waals surface area contributed by atoms with Gasteiger partial charge in [0.1, 0.15) is 11.5 Å². The molecule has 0 aliphatic carbocycles. The molecule has 3 aromatic rings. The lowest BCUT2D eigenvalue weighted by Crippen LogP contribution is -2.30. The molecular formula is C21H23N7O. The molecule has 1 saturated heterocycles. The monoisotopic (exact) mass is 389 g/mol. The van der Waals surface area contributed by atoms with Crippen molar-refractivity contribution in [2.45, 2.75) is 25.8 Å². The van der Waals surface area contributed by atoms with Gasteiger partial charge in [-0.15, -0.1) is 0 Å². The predicted octanol–water partition coefficient (Wildman–Crippen LogP) is 3.03. The molecule has 0 spiro atoms. The van der Waals surface area contributed by atoms with Gasteiger partial charge in [-0.05, 0) is 43.5 Å². The molecule has 3 aromatic heterocycles. The first-order valence-corrected chi connectivity index (χ1v) is 9.59. The second kappa shape index (κ2) is 8.22. The highest BCUT2D eigenvalue weighted by Gasteiger charge is 2.32. The van der Waals surface area contributed by atoms with Gasteiger partial charge < -0.3 is 10.2 Å². The fraction of sp³-hybridized carbons (Fsp3) is 0.286.